The van der Waals surface area contributed by atoms with Gasteiger partial charge in [0.1, 0.15) is 5.65 Å². The summed E-state index contributed by atoms with van der Waals surface area (Å²) in [5, 5.41) is 0. The Labute approximate surface area is 155 Å². The largest absolute Gasteiger partial charge is 0.303 e. The van der Waals surface area contributed by atoms with Gasteiger partial charge in [0.15, 0.2) is 0 Å². The normalized spacial score (nSPS) is 11.4. The second-order valence-electron chi connectivity index (χ2n) is 7.31. The molecule has 0 atom stereocenters. The molecule has 0 radical (unpaired) electrons. The van der Waals surface area contributed by atoms with Crippen molar-refractivity contribution in [2.24, 2.45) is 0 Å². The quantitative estimate of drug-likeness (QED) is 0.421. The highest BCUT2D eigenvalue weighted by Gasteiger charge is 2.17. The zero-order chi connectivity index (χ0) is 18.3. The van der Waals surface area contributed by atoms with Gasteiger partial charge in [-0.05, 0) is 60.2 Å². The number of aryl methyl sites for hydroxylation is 2. The first kappa shape index (κ1) is 16.6. The molecule has 2 heteroatoms. The highest BCUT2D eigenvalue weighted by atomic mass is 15.0. The van der Waals surface area contributed by atoms with E-state index in [1.807, 2.05) is 6.07 Å². The average Bonchev–Trinajstić information content (AvgIpc) is 3.04. The molecule has 0 bridgehead atoms. The SMILES string of the molecule is Cc1ccc(-c2cccc(-c3nc4ccccn4c3C(C)C)c2)cc1C. The molecule has 0 amide bonds. The number of pyridine rings is 1. The topological polar surface area (TPSA) is 17.3 Å². The molecule has 26 heavy (non-hydrogen) atoms. The highest BCUT2D eigenvalue weighted by molar-refractivity contribution is 5.74. The van der Waals surface area contributed by atoms with Gasteiger partial charge in [0.05, 0.1) is 11.4 Å². The minimum Gasteiger partial charge on any atom is -0.303 e. The van der Waals surface area contributed by atoms with Crippen molar-refractivity contribution in [3.8, 4) is 22.4 Å². The monoisotopic (exact) mass is 340 g/mol. The fourth-order valence-electron chi connectivity index (χ4n) is 3.55. The fraction of sp³-hybridized carbons (Fsp3) is 0.208. The first-order valence-corrected chi connectivity index (χ1v) is 9.19. The van der Waals surface area contributed by atoms with Gasteiger partial charge < -0.3 is 4.40 Å². The molecule has 2 nitrogen and oxygen atoms in total. The maximum absolute atomic E-state index is 4.93. The van der Waals surface area contributed by atoms with E-state index in [9.17, 15) is 0 Å². The van der Waals surface area contributed by atoms with Gasteiger partial charge in [-0.1, -0.05) is 56.3 Å². The van der Waals surface area contributed by atoms with E-state index in [2.05, 4.69) is 92.9 Å². The maximum Gasteiger partial charge on any atom is 0.137 e. The molecule has 0 unspecified atom stereocenters. The second kappa shape index (κ2) is 6.45. The van der Waals surface area contributed by atoms with E-state index in [4.69, 9.17) is 4.98 Å². The molecule has 0 saturated carbocycles. The smallest absolute Gasteiger partial charge is 0.137 e. The van der Waals surface area contributed by atoms with Gasteiger partial charge in [-0.3, -0.25) is 0 Å². The number of rotatable bonds is 3. The molecule has 2 heterocycles. The van der Waals surface area contributed by atoms with Crippen molar-refractivity contribution >= 4 is 5.65 Å². The van der Waals surface area contributed by atoms with Crippen LogP contribution in [0.25, 0.3) is 28.0 Å². The van der Waals surface area contributed by atoms with Crippen molar-refractivity contribution in [2.75, 3.05) is 0 Å². The van der Waals surface area contributed by atoms with Crippen LogP contribution in [0, 0.1) is 13.8 Å². The average molecular weight is 340 g/mol. The van der Waals surface area contributed by atoms with Crippen molar-refractivity contribution in [1.82, 2.24) is 9.38 Å². The summed E-state index contributed by atoms with van der Waals surface area (Å²) in [6, 6.07) is 21.6. The number of hydrogen-bond acceptors (Lipinski definition) is 1. The van der Waals surface area contributed by atoms with Crippen LogP contribution < -0.4 is 0 Å². The van der Waals surface area contributed by atoms with Gasteiger partial charge >= 0.3 is 0 Å². The minimum atomic E-state index is 0.396. The lowest BCUT2D eigenvalue weighted by Crippen LogP contribution is -1.96. The van der Waals surface area contributed by atoms with Gasteiger partial charge in [0.25, 0.3) is 0 Å². The van der Waals surface area contributed by atoms with Crippen LogP contribution in [0.5, 0.6) is 0 Å². The number of hydrogen-bond donors (Lipinski definition) is 0. The Morgan fingerprint density at radius 2 is 1.54 bits per heavy atom. The number of benzene rings is 2. The Morgan fingerprint density at radius 1 is 0.769 bits per heavy atom. The van der Waals surface area contributed by atoms with Gasteiger partial charge in [-0.2, -0.15) is 0 Å². The fourth-order valence-corrected chi connectivity index (χ4v) is 3.55. The number of aromatic nitrogens is 2. The van der Waals surface area contributed by atoms with E-state index in [1.54, 1.807) is 0 Å². The summed E-state index contributed by atoms with van der Waals surface area (Å²) in [6.45, 7) is 8.78. The Morgan fingerprint density at radius 3 is 2.31 bits per heavy atom. The Kier molecular flexibility index (Phi) is 4.12. The number of nitrogens with zero attached hydrogens (tertiary/aromatic N) is 2. The molecule has 0 spiro atoms. The van der Waals surface area contributed by atoms with E-state index in [-0.39, 0.29) is 0 Å². The molecule has 0 N–H and O–H groups in total. The molecular formula is C24H24N2. The molecule has 2 aromatic heterocycles. The molecule has 0 aliphatic heterocycles. The summed E-state index contributed by atoms with van der Waals surface area (Å²) in [5.74, 6) is 0.396. The van der Waals surface area contributed by atoms with E-state index >= 15 is 0 Å². The summed E-state index contributed by atoms with van der Waals surface area (Å²) in [5.41, 5.74) is 9.66. The minimum absolute atomic E-state index is 0.396. The maximum atomic E-state index is 4.93. The highest BCUT2D eigenvalue weighted by Crippen LogP contribution is 2.32. The van der Waals surface area contributed by atoms with E-state index < -0.39 is 0 Å². The molecule has 0 aliphatic carbocycles. The van der Waals surface area contributed by atoms with Crippen LogP contribution >= 0.6 is 0 Å². The molecule has 2 aromatic carbocycles. The van der Waals surface area contributed by atoms with Crippen LogP contribution in [-0.4, -0.2) is 9.38 Å². The van der Waals surface area contributed by atoms with Crippen molar-refractivity contribution in [2.45, 2.75) is 33.6 Å². The first-order valence-electron chi connectivity index (χ1n) is 9.19. The molecule has 4 rings (SSSR count). The van der Waals surface area contributed by atoms with Crippen LogP contribution in [0.15, 0.2) is 66.9 Å². The predicted molar refractivity (Wildman–Crippen MR) is 110 cm³/mol. The summed E-state index contributed by atoms with van der Waals surface area (Å²) < 4.78 is 2.21. The van der Waals surface area contributed by atoms with Crippen molar-refractivity contribution in [3.63, 3.8) is 0 Å². The number of fused-ring (bicyclic) bond motifs is 1. The van der Waals surface area contributed by atoms with E-state index in [0.717, 1.165) is 11.3 Å². The van der Waals surface area contributed by atoms with Gasteiger partial charge in [-0.15, -0.1) is 0 Å². The van der Waals surface area contributed by atoms with Gasteiger partial charge in [0, 0.05) is 11.8 Å². The molecule has 0 aliphatic rings. The van der Waals surface area contributed by atoms with Crippen LogP contribution in [-0.2, 0) is 0 Å². The zero-order valence-corrected chi connectivity index (χ0v) is 15.8. The van der Waals surface area contributed by atoms with Crippen molar-refractivity contribution < 1.29 is 0 Å². The second-order valence-corrected chi connectivity index (χ2v) is 7.31. The predicted octanol–water partition coefficient (Wildman–Crippen LogP) is 6.41. The first-order chi connectivity index (χ1) is 12.5. The third-order valence-corrected chi connectivity index (χ3v) is 5.09. The van der Waals surface area contributed by atoms with Crippen LogP contribution in [0.2, 0.25) is 0 Å². The van der Waals surface area contributed by atoms with Gasteiger partial charge in [0.2, 0.25) is 0 Å². The Bertz CT molecular complexity index is 1090. The standard InChI is InChI=1S/C24H24N2/c1-16(2)24-23(25-22-10-5-6-13-26(22)24)21-9-7-8-19(15-21)20-12-11-17(3)18(4)14-20/h5-16H,1-4H3. The van der Waals surface area contributed by atoms with Crippen molar-refractivity contribution in [3.05, 3.63) is 83.7 Å². The lowest BCUT2D eigenvalue weighted by atomic mass is 9.97. The summed E-state index contributed by atoms with van der Waals surface area (Å²) >= 11 is 0. The van der Waals surface area contributed by atoms with Crippen molar-refractivity contribution in [1.29, 1.82) is 0 Å². The summed E-state index contributed by atoms with van der Waals surface area (Å²) in [4.78, 5) is 4.93. The lowest BCUT2D eigenvalue weighted by Gasteiger charge is -2.10. The summed E-state index contributed by atoms with van der Waals surface area (Å²) in [7, 11) is 0. The number of imidazole rings is 1. The third kappa shape index (κ3) is 2.82. The summed E-state index contributed by atoms with van der Waals surface area (Å²) in [6.07, 6.45) is 2.11. The molecule has 130 valence electrons. The zero-order valence-electron chi connectivity index (χ0n) is 15.8. The van der Waals surface area contributed by atoms with Gasteiger partial charge in [-0.25, -0.2) is 4.98 Å². The molecule has 0 fully saturated rings. The lowest BCUT2D eigenvalue weighted by molar-refractivity contribution is 0.811. The Balaban J connectivity index is 1.88. The van der Waals surface area contributed by atoms with E-state index in [0.29, 0.717) is 5.92 Å². The van der Waals surface area contributed by atoms with Crippen LogP contribution in [0.4, 0.5) is 0 Å². The molecule has 4 aromatic rings. The molecular weight excluding hydrogens is 316 g/mol. The Hall–Kier alpha value is -2.87. The molecule has 0 saturated heterocycles. The van der Waals surface area contributed by atoms with Crippen LogP contribution in [0.1, 0.15) is 36.6 Å². The van der Waals surface area contributed by atoms with E-state index in [1.165, 1.54) is 33.5 Å². The van der Waals surface area contributed by atoms with Crippen LogP contribution in [0.3, 0.4) is 0 Å². The third-order valence-electron chi connectivity index (χ3n) is 5.09.